The highest BCUT2D eigenvalue weighted by Gasteiger charge is 2.23. The van der Waals surface area contributed by atoms with Gasteiger partial charge in [-0.05, 0) is 20.8 Å². The molecule has 0 atom stereocenters. The molecule has 276 valence electrons. The van der Waals surface area contributed by atoms with Gasteiger partial charge in [0.25, 0.3) is 23.6 Å². The molecule has 0 aliphatic carbocycles. The molecule has 5 N–H and O–H groups in total. The number of nitrogens with one attached hydrogen (secondary N) is 3. The van der Waals surface area contributed by atoms with Crippen molar-refractivity contribution in [2.24, 2.45) is 5.90 Å². The first-order chi connectivity index (χ1) is 23.3. The molecule has 0 saturated carbocycles. The maximum Gasteiger partial charge on any atom is 0.431 e. The molecule has 0 aromatic heterocycles. The van der Waals surface area contributed by atoms with Gasteiger partial charge in [-0.3, -0.25) is 48.2 Å². The minimum absolute atomic E-state index is 0.189. The molecule has 0 unspecified atom stereocenters. The van der Waals surface area contributed by atoms with Crippen LogP contribution in [0.15, 0.2) is 24.3 Å². The summed E-state index contributed by atoms with van der Waals surface area (Å²) in [5.41, 5.74) is 1.35. The molecule has 49 heavy (non-hydrogen) atoms. The molecular formula is C29H46N6O14. The van der Waals surface area contributed by atoms with E-state index >= 15 is 0 Å². The summed E-state index contributed by atoms with van der Waals surface area (Å²) in [6.45, 7) is 7.96. The number of imide groups is 2. The Morgan fingerprint density at radius 3 is 1.41 bits per heavy atom. The minimum atomic E-state index is -0.779. The van der Waals surface area contributed by atoms with E-state index in [4.69, 9.17) is 34.4 Å². The molecule has 0 fully saturated rings. The zero-order chi connectivity index (χ0) is 36.5. The molecule has 20 nitrogen and oxygen atoms in total. The van der Waals surface area contributed by atoms with Crippen molar-refractivity contribution in [3.8, 4) is 0 Å². The third kappa shape index (κ3) is 21.3. The van der Waals surface area contributed by atoms with Crippen molar-refractivity contribution in [3.63, 3.8) is 0 Å². The van der Waals surface area contributed by atoms with E-state index in [2.05, 4.69) is 15.5 Å². The Morgan fingerprint density at radius 2 is 1.02 bits per heavy atom. The topological polar surface area (TPSA) is 253 Å². The van der Waals surface area contributed by atoms with Gasteiger partial charge in [-0.1, -0.05) is 0 Å². The van der Waals surface area contributed by atoms with E-state index in [-0.39, 0.29) is 82.2 Å². The lowest BCUT2D eigenvalue weighted by atomic mass is 10.2. The summed E-state index contributed by atoms with van der Waals surface area (Å²) in [5.74, 6) is 2.66. The van der Waals surface area contributed by atoms with Gasteiger partial charge in [-0.25, -0.2) is 10.7 Å². The number of hydrogen-bond donors (Lipinski definition) is 4. The van der Waals surface area contributed by atoms with E-state index in [1.165, 1.54) is 24.3 Å². The molecule has 0 bridgehead atoms. The highest BCUT2D eigenvalue weighted by atomic mass is 16.7. The maximum atomic E-state index is 11.5. The van der Waals surface area contributed by atoms with Crippen LogP contribution in [-0.2, 0) is 62.1 Å². The highest BCUT2D eigenvalue weighted by Crippen LogP contribution is 2.06. The van der Waals surface area contributed by atoms with Crippen LogP contribution < -0.4 is 22.0 Å². The van der Waals surface area contributed by atoms with Crippen LogP contribution in [0.1, 0.15) is 20.8 Å². The van der Waals surface area contributed by atoms with Crippen molar-refractivity contribution in [1.29, 1.82) is 0 Å². The van der Waals surface area contributed by atoms with Gasteiger partial charge in [0, 0.05) is 37.4 Å². The molecule has 0 saturated heterocycles. The monoisotopic (exact) mass is 702 g/mol. The number of hydroxylamine groups is 1. The number of rotatable bonds is 23. The second kappa shape index (κ2) is 24.8. The van der Waals surface area contributed by atoms with Gasteiger partial charge in [0.1, 0.15) is 12.2 Å². The highest BCUT2D eigenvalue weighted by molar-refractivity contribution is 6.13. The smallest absolute Gasteiger partial charge is 0.431 e. The summed E-state index contributed by atoms with van der Waals surface area (Å²) in [6.07, 6.45) is 4.13. The third-order valence-corrected chi connectivity index (χ3v) is 5.57. The van der Waals surface area contributed by atoms with Crippen molar-refractivity contribution in [2.45, 2.75) is 26.4 Å². The molecule has 0 spiro atoms. The number of ether oxygens (including phenoxy) is 5. The average Bonchev–Trinajstić information content (AvgIpc) is 3.53. The fourth-order valence-corrected chi connectivity index (χ4v) is 3.42. The largest absolute Gasteiger partial charge is 0.442 e. The first-order valence-electron chi connectivity index (χ1n) is 15.2. The predicted octanol–water partition coefficient (Wildman–Crippen LogP) is -2.53. The Labute approximate surface area is 283 Å². The van der Waals surface area contributed by atoms with Gasteiger partial charge < -0.3 is 34.3 Å². The lowest BCUT2D eigenvalue weighted by Gasteiger charge is -2.19. The Balaban J connectivity index is 0.000000510. The van der Waals surface area contributed by atoms with Crippen LogP contribution in [0.5, 0.6) is 0 Å². The van der Waals surface area contributed by atoms with E-state index in [0.717, 1.165) is 9.80 Å². The van der Waals surface area contributed by atoms with E-state index in [9.17, 15) is 33.6 Å². The van der Waals surface area contributed by atoms with Crippen LogP contribution in [0.4, 0.5) is 4.79 Å². The Bertz CT molecular complexity index is 1120. The molecule has 7 amide bonds. The normalized spacial score (nSPS) is 13.9. The Hall–Kier alpha value is -4.31. The lowest BCUT2D eigenvalue weighted by molar-refractivity contribution is -0.139. The minimum Gasteiger partial charge on any atom is -0.442 e. The zero-order valence-electron chi connectivity index (χ0n) is 27.9. The van der Waals surface area contributed by atoms with Crippen LogP contribution in [0, 0.1) is 0 Å². The molecular weight excluding hydrogens is 656 g/mol. The van der Waals surface area contributed by atoms with Crippen molar-refractivity contribution >= 4 is 41.5 Å². The number of nitrogens with two attached hydrogens (primary N) is 1. The van der Waals surface area contributed by atoms with Gasteiger partial charge >= 0.3 is 6.09 Å². The second-order valence-corrected chi connectivity index (χ2v) is 10.7. The van der Waals surface area contributed by atoms with Gasteiger partial charge in [-0.15, -0.1) is 0 Å². The number of amides is 7. The van der Waals surface area contributed by atoms with E-state index in [1.54, 1.807) is 20.8 Å². The molecule has 0 radical (unpaired) electrons. The number of hydrogen-bond acceptors (Lipinski definition) is 15. The number of carbonyl (C=O) groups excluding carboxylic acids is 7. The molecule has 2 rings (SSSR count). The van der Waals surface area contributed by atoms with E-state index in [0.29, 0.717) is 39.6 Å². The molecule has 2 heterocycles. The summed E-state index contributed by atoms with van der Waals surface area (Å²) in [6, 6.07) is 0. The Kier molecular flexibility index (Phi) is 21.6. The summed E-state index contributed by atoms with van der Waals surface area (Å²) >= 11 is 0. The summed E-state index contributed by atoms with van der Waals surface area (Å²) in [5, 5.41) is 5.08. The van der Waals surface area contributed by atoms with Gasteiger partial charge in [0.15, 0.2) is 6.61 Å². The summed E-state index contributed by atoms with van der Waals surface area (Å²) < 4.78 is 25.9. The molecule has 0 aromatic rings. The fourth-order valence-electron chi connectivity index (χ4n) is 3.42. The van der Waals surface area contributed by atoms with Crippen molar-refractivity contribution in [2.75, 3.05) is 92.2 Å². The van der Waals surface area contributed by atoms with Gasteiger partial charge in [0.2, 0.25) is 11.8 Å². The SMILES string of the molecule is CC(C)(C)OC(=O)NOCC(=O)NCCOCCOCCN1C(=O)C=CC1=O.NOCC(=O)NCCOCCOCCN1C(=O)C=CC1=O. The molecule has 0 aromatic carbocycles. The summed E-state index contributed by atoms with van der Waals surface area (Å²) in [4.78, 5) is 89.8. The van der Waals surface area contributed by atoms with Gasteiger partial charge in [-0.2, -0.15) is 5.48 Å². The fraction of sp³-hybridized carbons (Fsp3) is 0.621. The molecule has 2 aliphatic rings. The van der Waals surface area contributed by atoms with Crippen molar-refractivity contribution in [1.82, 2.24) is 25.9 Å². The van der Waals surface area contributed by atoms with Crippen molar-refractivity contribution < 1.29 is 66.9 Å². The Morgan fingerprint density at radius 1 is 0.633 bits per heavy atom. The van der Waals surface area contributed by atoms with Crippen LogP contribution in [0.25, 0.3) is 0 Å². The maximum absolute atomic E-state index is 11.5. The van der Waals surface area contributed by atoms with Crippen LogP contribution in [-0.4, -0.2) is 149 Å². The third-order valence-electron chi connectivity index (χ3n) is 5.57. The number of nitrogens with zero attached hydrogens (tertiary/aromatic N) is 2. The predicted molar refractivity (Wildman–Crippen MR) is 166 cm³/mol. The van der Waals surface area contributed by atoms with Crippen LogP contribution in [0.3, 0.4) is 0 Å². The lowest BCUT2D eigenvalue weighted by Crippen LogP contribution is -2.37. The van der Waals surface area contributed by atoms with Crippen LogP contribution >= 0.6 is 0 Å². The van der Waals surface area contributed by atoms with E-state index < -0.39 is 17.6 Å². The van der Waals surface area contributed by atoms with Crippen LogP contribution in [0.2, 0.25) is 0 Å². The first-order valence-corrected chi connectivity index (χ1v) is 15.2. The van der Waals surface area contributed by atoms with Gasteiger partial charge in [0.05, 0.1) is 65.9 Å². The second-order valence-electron chi connectivity index (χ2n) is 10.7. The average molecular weight is 703 g/mol. The molecule has 20 heteroatoms. The summed E-state index contributed by atoms with van der Waals surface area (Å²) in [7, 11) is 0. The standard InChI is InChI=1S/C17H27N3O8.C12H19N3O6/c1-17(2,3)28-16(24)19-27-12-13(21)18-6-8-25-10-11-26-9-7-20-14(22)4-5-15(20)23;13-21-9-10(16)14-3-5-19-7-8-20-6-4-15-11(17)1-2-12(15)18/h4-5H,6-12H2,1-3H3,(H,18,21)(H,19,24);1-2H,3-9,13H2,(H,14,16). The number of carbonyl (C=O) groups is 7. The van der Waals surface area contributed by atoms with E-state index in [1.807, 2.05) is 5.48 Å². The molecule has 2 aliphatic heterocycles. The quantitative estimate of drug-likeness (QED) is 0.0487. The first kappa shape index (κ1) is 42.7. The zero-order valence-corrected chi connectivity index (χ0v) is 27.9. The van der Waals surface area contributed by atoms with Crippen molar-refractivity contribution in [3.05, 3.63) is 24.3 Å².